The van der Waals surface area contributed by atoms with Crippen molar-refractivity contribution in [3.05, 3.63) is 35.2 Å². The standard InChI is InChI=1S/C14H13N5O3S/c1-7-10(8(2)22-17-7)6-15-13(20)14(21)16-9-3-4-11-12(5-9)19-23-18-11/h3-5H,6H2,1-2H3,(H,15,20)(H,16,21). The van der Waals surface area contributed by atoms with Crippen LogP contribution in [0.4, 0.5) is 5.69 Å². The summed E-state index contributed by atoms with van der Waals surface area (Å²) >= 11 is 1.09. The summed E-state index contributed by atoms with van der Waals surface area (Å²) in [6.45, 7) is 3.70. The van der Waals surface area contributed by atoms with Gasteiger partial charge in [0.2, 0.25) is 0 Å². The fourth-order valence-electron chi connectivity index (χ4n) is 2.05. The third kappa shape index (κ3) is 3.19. The van der Waals surface area contributed by atoms with Crippen molar-refractivity contribution >= 4 is 40.3 Å². The van der Waals surface area contributed by atoms with Crippen LogP contribution in [0.1, 0.15) is 17.0 Å². The summed E-state index contributed by atoms with van der Waals surface area (Å²) in [5, 5.41) is 8.86. The van der Waals surface area contributed by atoms with Crippen LogP contribution in [-0.2, 0) is 16.1 Å². The van der Waals surface area contributed by atoms with Gasteiger partial charge in [-0.2, -0.15) is 8.75 Å². The molecule has 23 heavy (non-hydrogen) atoms. The van der Waals surface area contributed by atoms with Gasteiger partial charge in [0, 0.05) is 17.8 Å². The summed E-state index contributed by atoms with van der Waals surface area (Å²) in [5.41, 5.74) is 3.35. The zero-order chi connectivity index (χ0) is 16.4. The number of nitrogens with zero attached hydrogens (tertiary/aromatic N) is 3. The molecule has 2 heterocycles. The summed E-state index contributed by atoms with van der Waals surface area (Å²) in [7, 11) is 0. The third-order valence-electron chi connectivity index (χ3n) is 3.32. The van der Waals surface area contributed by atoms with E-state index in [1.54, 1.807) is 32.0 Å². The van der Waals surface area contributed by atoms with Gasteiger partial charge in [-0.25, -0.2) is 0 Å². The molecule has 2 N–H and O–H groups in total. The number of fused-ring (bicyclic) bond motifs is 1. The molecule has 0 saturated carbocycles. The summed E-state index contributed by atoms with van der Waals surface area (Å²) in [5.74, 6) is -0.870. The molecule has 2 aromatic heterocycles. The van der Waals surface area contributed by atoms with Gasteiger partial charge in [0.05, 0.1) is 17.4 Å². The Morgan fingerprint density at radius 3 is 2.70 bits per heavy atom. The number of hydrogen-bond acceptors (Lipinski definition) is 7. The first-order valence-corrected chi connectivity index (χ1v) is 7.51. The maximum atomic E-state index is 11.9. The highest BCUT2D eigenvalue weighted by atomic mass is 32.1. The van der Waals surface area contributed by atoms with Crippen molar-refractivity contribution in [2.24, 2.45) is 0 Å². The number of aromatic nitrogens is 3. The fraction of sp³-hybridized carbons (Fsp3) is 0.214. The number of anilines is 1. The number of nitrogens with one attached hydrogen (secondary N) is 2. The van der Waals surface area contributed by atoms with Crippen LogP contribution in [0.3, 0.4) is 0 Å². The summed E-state index contributed by atoms with van der Waals surface area (Å²) in [4.78, 5) is 23.8. The minimum absolute atomic E-state index is 0.183. The average Bonchev–Trinajstić information content (AvgIpc) is 3.11. The molecule has 2 amide bonds. The van der Waals surface area contributed by atoms with E-state index in [9.17, 15) is 9.59 Å². The first-order valence-electron chi connectivity index (χ1n) is 6.78. The van der Waals surface area contributed by atoms with Crippen molar-refractivity contribution in [1.82, 2.24) is 19.2 Å². The van der Waals surface area contributed by atoms with Crippen molar-refractivity contribution < 1.29 is 14.1 Å². The fourth-order valence-corrected chi connectivity index (χ4v) is 2.57. The second-order valence-corrected chi connectivity index (χ2v) is 5.44. The maximum absolute atomic E-state index is 11.9. The Hall–Kier alpha value is -2.81. The smallest absolute Gasteiger partial charge is 0.313 e. The van der Waals surface area contributed by atoms with Crippen LogP contribution >= 0.6 is 11.7 Å². The zero-order valence-electron chi connectivity index (χ0n) is 12.4. The van der Waals surface area contributed by atoms with E-state index in [4.69, 9.17) is 4.52 Å². The summed E-state index contributed by atoms with van der Waals surface area (Å²) in [6, 6.07) is 5.07. The topological polar surface area (TPSA) is 110 Å². The zero-order valence-corrected chi connectivity index (χ0v) is 13.2. The van der Waals surface area contributed by atoms with E-state index in [-0.39, 0.29) is 6.54 Å². The van der Waals surface area contributed by atoms with Gasteiger partial charge >= 0.3 is 11.8 Å². The lowest BCUT2D eigenvalue weighted by atomic mass is 10.2. The molecule has 0 aliphatic rings. The second-order valence-electron chi connectivity index (χ2n) is 4.91. The van der Waals surface area contributed by atoms with Crippen LogP contribution in [0.25, 0.3) is 11.0 Å². The predicted molar refractivity (Wildman–Crippen MR) is 83.9 cm³/mol. The summed E-state index contributed by atoms with van der Waals surface area (Å²) in [6.07, 6.45) is 0. The van der Waals surface area contributed by atoms with Crippen LogP contribution in [0.15, 0.2) is 22.7 Å². The van der Waals surface area contributed by atoms with Crippen molar-refractivity contribution in [1.29, 1.82) is 0 Å². The molecule has 0 fully saturated rings. The highest BCUT2D eigenvalue weighted by Gasteiger charge is 2.16. The van der Waals surface area contributed by atoms with Gasteiger partial charge in [-0.3, -0.25) is 9.59 Å². The van der Waals surface area contributed by atoms with Gasteiger partial charge in [0.25, 0.3) is 0 Å². The van der Waals surface area contributed by atoms with E-state index in [1.807, 2.05) is 0 Å². The first-order chi connectivity index (χ1) is 11.0. The molecule has 9 heteroatoms. The monoisotopic (exact) mass is 331 g/mol. The molecule has 0 radical (unpaired) electrons. The lowest BCUT2D eigenvalue weighted by Gasteiger charge is -2.06. The summed E-state index contributed by atoms with van der Waals surface area (Å²) < 4.78 is 13.2. The molecule has 0 unspecified atom stereocenters. The third-order valence-corrected chi connectivity index (χ3v) is 3.88. The quantitative estimate of drug-likeness (QED) is 0.705. The van der Waals surface area contributed by atoms with E-state index in [0.717, 1.165) is 22.8 Å². The Kier molecular flexibility index (Phi) is 4.02. The van der Waals surface area contributed by atoms with Gasteiger partial charge in [0.1, 0.15) is 16.8 Å². The van der Waals surface area contributed by atoms with Gasteiger partial charge in [0.15, 0.2) is 0 Å². The molecule has 0 saturated heterocycles. The van der Waals surface area contributed by atoms with Crippen molar-refractivity contribution in [3.8, 4) is 0 Å². The van der Waals surface area contributed by atoms with Crippen LogP contribution in [0.5, 0.6) is 0 Å². The lowest BCUT2D eigenvalue weighted by Crippen LogP contribution is -2.35. The van der Waals surface area contributed by atoms with Crippen LogP contribution < -0.4 is 10.6 Å². The van der Waals surface area contributed by atoms with Crippen molar-refractivity contribution in [3.63, 3.8) is 0 Å². The first kappa shape index (κ1) is 15.1. The van der Waals surface area contributed by atoms with E-state index in [0.29, 0.717) is 22.7 Å². The molecular weight excluding hydrogens is 318 g/mol. The van der Waals surface area contributed by atoms with E-state index in [1.165, 1.54) is 0 Å². The molecular formula is C14H13N5O3S. The minimum atomic E-state index is -0.751. The predicted octanol–water partition coefficient (Wildman–Crippen LogP) is 1.55. The van der Waals surface area contributed by atoms with Gasteiger partial charge in [-0.1, -0.05) is 5.16 Å². The molecule has 0 atom stereocenters. The Labute approximate surface area is 135 Å². The number of hydrogen-bond donors (Lipinski definition) is 2. The molecule has 3 aromatic rings. The molecule has 3 rings (SSSR count). The molecule has 0 spiro atoms. The Balaban J connectivity index is 1.62. The number of amides is 2. The van der Waals surface area contributed by atoms with Gasteiger partial charge in [-0.15, -0.1) is 0 Å². The molecule has 0 aliphatic heterocycles. The highest BCUT2D eigenvalue weighted by Crippen LogP contribution is 2.17. The number of benzene rings is 1. The Bertz CT molecular complexity index is 866. The van der Waals surface area contributed by atoms with Gasteiger partial charge in [-0.05, 0) is 32.0 Å². The van der Waals surface area contributed by atoms with Crippen molar-refractivity contribution in [2.75, 3.05) is 5.32 Å². The Morgan fingerprint density at radius 1 is 1.17 bits per heavy atom. The van der Waals surface area contributed by atoms with Crippen LogP contribution in [0, 0.1) is 13.8 Å². The van der Waals surface area contributed by atoms with E-state index in [2.05, 4.69) is 24.5 Å². The molecule has 8 nitrogen and oxygen atoms in total. The maximum Gasteiger partial charge on any atom is 0.313 e. The normalized spacial score (nSPS) is 10.7. The minimum Gasteiger partial charge on any atom is -0.361 e. The molecule has 0 bridgehead atoms. The SMILES string of the molecule is Cc1noc(C)c1CNC(=O)C(=O)Nc1ccc2nsnc2c1. The lowest BCUT2D eigenvalue weighted by molar-refractivity contribution is -0.136. The van der Waals surface area contributed by atoms with Gasteiger partial charge < -0.3 is 15.2 Å². The van der Waals surface area contributed by atoms with E-state index < -0.39 is 11.8 Å². The molecule has 0 aliphatic carbocycles. The van der Waals surface area contributed by atoms with Crippen molar-refractivity contribution in [2.45, 2.75) is 20.4 Å². The number of rotatable bonds is 3. The van der Waals surface area contributed by atoms with Crippen LogP contribution in [-0.4, -0.2) is 25.7 Å². The number of carbonyl (C=O) groups is 2. The number of aryl methyl sites for hydroxylation is 2. The van der Waals surface area contributed by atoms with Crippen LogP contribution in [0.2, 0.25) is 0 Å². The average molecular weight is 331 g/mol. The number of carbonyl (C=O) groups excluding carboxylic acids is 2. The molecule has 1 aromatic carbocycles. The highest BCUT2D eigenvalue weighted by molar-refractivity contribution is 7.00. The second kappa shape index (κ2) is 6.13. The largest absolute Gasteiger partial charge is 0.361 e. The Morgan fingerprint density at radius 2 is 1.96 bits per heavy atom. The molecule has 118 valence electrons. The van der Waals surface area contributed by atoms with E-state index >= 15 is 0 Å².